The first-order chi connectivity index (χ1) is 4.35. The van der Waals surface area contributed by atoms with E-state index in [1.165, 1.54) is 0 Å². The largest absolute Gasteiger partial charge is 0.364 e. The molecule has 0 radical (unpaired) electrons. The standard InChI is InChI=1S/C7H15NO/c1-4-6-8(5-2)7-9-3/h4,6H,5,7H2,1-3H3. The summed E-state index contributed by atoms with van der Waals surface area (Å²) >= 11 is 0. The van der Waals surface area contributed by atoms with Gasteiger partial charge in [-0.3, -0.25) is 0 Å². The molecule has 0 saturated carbocycles. The van der Waals surface area contributed by atoms with Gasteiger partial charge < -0.3 is 9.64 Å². The Kier molecular flexibility index (Phi) is 5.32. The Hall–Kier alpha value is -0.500. The van der Waals surface area contributed by atoms with E-state index >= 15 is 0 Å². The van der Waals surface area contributed by atoms with Crippen LogP contribution in [0.15, 0.2) is 12.3 Å². The van der Waals surface area contributed by atoms with Crippen LogP contribution in [0.25, 0.3) is 0 Å². The van der Waals surface area contributed by atoms with E-state index in [9.17, 15) is 0 Å². The molecule has 2 heteroatoms. The third-order valence-corrected chi connectivity index (χ3v) is 1.06. The summed E-state index contributed by atoms with van der Waals surface area (Å²) in [4.78, 5) is 2.08. The third kappa shape index (κ3) is 4.03. The van der Waals surface area contributed by atoms with E-state index in [1.807, 2.05) is 19.2 Å². The highest BCUT2D eigenvalue weighted by molar-refractivity contribution is 4.75. The number of rotatable bonds is 4. The molecule has 0 N–H and O–H groups in total. The predicted molar refractivity (Wildman–Crippen MR) is 39.1 cm³/mol. The molecule has 9 heavy (non-hydrogen) atoms. The van der Waals surface area contributed by atoms with Crippen LogP contribution in [-0.2, 0) is 4.74 Å². The fraction of sp³-hybridized carbons (Fsp3) is 0.714. The van der Waals surface area contributed by atoms with Crippen LogP contribution in [0.1, 0.15) is 13.8 Å². The van der Waals surface area contributed by atoms with Crippen molar-refractivity contribution in [1.82, 2.24) is 4.90 Å². The Morgan fingerprint density at radius 3 is 2.56 bits per heavy atom. The number of allylic oxidation sites excluding steroid dienone is 1. The summed E-state index contributed by atoms with van der Waals surface area (Å²) in [6, 6.07) is 0. The number of nitrogens with zero attached hydrogens (tertiary/aromatic N) is 1. The van der Waals surface area contributed by atoms with Gasteiger partial charge in [-0.1, -0.05) is 6.08 Å². The topological polar surface area (TPSA) is 12.5 Å². The molecule has 0 aliphatic rings. The summed E-state index contributed by atoms with van der Waals surface area (Å²) < 4.78 is 4.92. The van der Waals surface area contributed by atoms with E-state index in [0.29, 0.717) is 6.73 Å². The fourth-order valence-corrected chi connectivity index (χ4v) is 0.616. The first-order valence-electron chi connectivity index (χ1n) is 3.21. The molecule has 0 aromatic carbocycles. The molecule has 0 amide bonds. The molecule has 0 aromatic rings. The van der Waals surface area contributed by atoms with Gasteiger partial charge in [0.05, 0.1) is 0 Å². The van der Waals surface area contributed by atoms with Crippen LogP contribution in [0.4, 0.5) is 0 Å². The van der Waals surface area contributed by atoms with Gasteiger partial charge in [0.25, 0.3) is 0 Å². The number of hydrogen-bond acceptors (Lipinski definition) is 2. The van der Waals surface area contributed by atoms with Gasteiger partial charge in [-0.25, -0.2) is 0 Å². The minimum absolute atomic E-state index is 0.681. The first kappa shape index (κ1) is 8.50. The van der Waals surface area contributed by atoms with Crippen LogP contribution >= 0.6 is 0 Å². The van der Waals surface area contributed by atoms with Crippen molar-refractivity contribution in [2.45, 2.75) is 13.8 Å². The zero-order chi connectivity index (χ0) is 7.11. The van der Waals surface area contributed by atoms with Gasteiger partial charge in [0.2, 0.25) is 0 Å². The van der Waals surface area contributed by atoms with Crippen molar-refractivity contribution in [3.63, 3.8) is 0 Å². The van der Waals surface area contributed by atoms with Crippen LogP contribution in [0.3, 0.4) is 0 Å². The fourth-order valence-electron chi connectivity index (χ4n) is 0.616. The monoisotopic (exact) mass is 129 g/mol. The molecule has 0 spiro atoms. The second-order valence-corrected chi connectivity index (χ2v) is 1.81. The minimum atomic E-state index is 0.681. The number of hydrogen-bond donors (Lipinski definition) is 0. The molecule has 0 fully saturated rings. The van der Waals surface area contributed by atoms with E-state index in [4.69, 9.17) is 4.74 Å². The Balaban J connectivity index is 3.41. The van der Waals surface area contributed by atoms with Gasteiger partial charge >= 0.3 is 0 Å². The Bertz CT molecular complexity index is 81.0. The first-order valence-corrected chi connectivity index (χ1v) is 3.21. The summed E-state index contributed by atoms with van der Waals surface area (Å²) in [5.41, 5.74) is 0. The third-order valence-electron chi connectivity index (χ3n) is 1.06. The summed E-state index contributed by atoms with van der Waals surface area (Å²) in [5.74, 6) is 0. The van der Waals surface area contributed by atoms with E-state index in [0.717, 1.165) is 6.54 Å². The zero-order valence-corrected chi connectivity index (χ0v) is 6.42. The van der Waals surface area contributed by atoms with Crippen molar-refractivity contribution in [2.75, 3.05) is 20.4 Å². The maximum atomic E-state index is 4.92. The van der Waals surface area contributed by atoms with Gasteiger partial charge in [-0.15, -0.1) is 0 Å². The van der Waals surface area contributed by atoms with Crippen LogP contribution < -0.4 is 0 Å². The van der Waals surface area contributed by atoms with Crippen LogP contribution in [0.5, 0.6) is 0 Å². The Morgan fingerprint density at radius 1 is 1.56 bits per heavy atom. The van der Waals surface area contributed by atoms with E-state index in [1.54, 1.807) is 7.11 Å². The lowest BCUT2D eigenvalue weighted by Gasteiger charge is -2.15. The van der Waals surface area contributed by atoms with Gasteiger partial charge in [0.1, 0.15) is 6.73 Å². The second kappa shape index (κ2) is 5.63. The quantitative estimate of drug-likeness (QED) is 0.533. The van der Waals surface area contributed by atoms with E-state index in [2.05, 4.69) is 11.8 Å². The number of methoxy groups -OCH3 is 1. The van der Waals surface area contributed by atoms with Crippen LogP contribution in [0, 0.1) is 0 Å². The minimum Gasteiger partial charge on any atom is -0.364 e. The highest BCUT2D eigenvalue weighted by atomic mass is 16.5. The van der Waals surface area contributed by atoms with Gasteiger partial charge in [-0.2, -0.15) is 0 Å². The Morgan fingerprint density at radius 2 is 2.22 bits per heavy atom. The maximum Gasteiger partial charge on any atom is 0.118 e. The molecule has 0 atom stereocenters. The summed E-state index contributed by atoms with van der Waals surface area (Å²) in [7, 11) is 1.70. The highest BCUT2D eigenvalue weighted by Crippen LogP contribution is 1.87. The van der Waals surface area contributed by atoms with Crippen LogP contribution in [-0.4, -0.2) is 25.3 Å². The average Bonchev–Trinajstić information content (AvgIpc) is 1.88. The lowest BCUT2D eigenvalue weighted by Crippen LogP contribution is -2.18. The lowest BCUT2D eigenvalue weighted by molar-refractivity contribution is 0.0993. The summed E-state index contributed by atoms with van der Waals surface area (Å²) in [5, 5.41) is 0. The van der Waals surface area contributed by atoms with E-state index in [-0.39, 0.29) is 0 Å². The molecule has 0 unspecified atom stereocenters. The lowest BCUT2D eigenvalue weighted by atomic mass is 10.6. The van der Waals surface area contributed by atoms with Crippen molar-refractivity contribution in [2.24, 2.45) is 0 Å². The maximum absolute atomic E-state index is 4.92. The SMILES string of the molecule is CC=CN(CC)COC. The van der Waals surface area contributed by atoms with E-state index < -0.39 is 0 Å². The molecule has 0 bridgehead atoms. The van der Waals surface area contributed by atoms with Crippen molar-refractivity contribution in [1.29, 1.82) is 0 Å². The van der Waals surface area contributed by atoms with Gasteiger partial charge in [0.15, 0.2) is 0 Å². The molecule has 0 heterocycles. The average molecular weight is 129 g/mol. The molecular formula is C7H15NO. The molecule has 0 saturated heterocycles. The molecule has 0 aliphatic heterocycles. The van der Waals surface area contributed by atoms with Crippen molar-refractivity contribution in [3.05, 3.63) is 12.3 Å². The molecule has 0 aliphatic carbocycles. The molecule has 0 rings (SSSR count). The molecular weight excluding hydrogens is 114 g/mol. The van der Waals surface area contributed by atoms with Gasteiger partial charge in [-0.05, 0) is 20.0 Å². The zero-order valence-electron chi connectivity index (χ0n) is 6.42. The predicted octanol–water partition coefficient (Wildman–Crippen LogP) is 1.45. The van der Waals surface area contributed by atoms with Crippen molar-refractivity contribution in [3.8, 4) is 0 Å². The van der Waals surface area contributed by atoms with Crippen molar-refractivity contribution >= 4 is 0 Å². The molecule has 2 nitrogen and oxygen atoms in total. The number of ether oxygens (including phenoxy) is 1. The molecule has 0 aromatic heterocycles. The smallest absolute Gasteiger partial charge is 0.118 e. The summed E-state index contributed by atoms with van der Waals surface area (Å²) in [6.07, 6.45) is 4.02. The molecule has 54 valence electrons. The van der Waals surface area contributed by atoms with Gasteiger partial charge in [0, 0.05) is 13.7 Å². The summed E-state index contributed by atoms with van der Waals surface area (Å²) in [6.45, 7) is 5.77. The van der Waals surface area contributed by atoms with Crippen molar-refractivity contribution < 1.29 is 4.74 Å². The second-order valence-electron chi connectivity index (χ2n) is 1.81. The Labute approximate surface area is 57.1 Å². The normalized spacial score (nSPS) is 10.6. The van der Waals surface area contributed by atoms with Crippen LogP contribution in [0.2, 0.25) is 0 Å². The highest BCUT2D eigenvalue weighted by Gasteiger charge is 1.89.